The molecule has 0 saturated carbocycles. The van der Waals surface area contributed by atoms with Crippen molar-refractivity contribution in [3.8, 4) is 11.5 Å². The summed E-state index contributed by atoms with van der Waals surface area (Å²) in [5, 5.41) is 3.29. The van der Waals surface area contributed by atoms with E-state index in [0.717, 1.165) is 10.1 Å². The number of nitrogens with one attached hydrogen (secondary N) is 1. The zero-order valence-corrected chi connectivity index (χ0v) is 14.6. The van der Waals surface area contributed by atoms with Crippen molar-refractivity contribution in [2.75, 3.05) is 14.2 Å². The number of hydrogen-bond donors (Lipinski definition) is 1. The van der Waals surface area contributed by atoms with Crippen LogP contribution >= 0.6 is 0 Å². The van der Waals surface area contributed by atoms with Gasteiger partial charge >= 0.3 is 5.69 Å². The lowest BCUT2D eigenvalue weighted by Crippen LogP contribution is -2.39. The van der Waals surface area contributed by atoms with E-state index in [0.29, 0.717) is 23.6 Å². The van der Waals surface area contributed by atoms with Gasteiger partial charge in [-0.25, -0.2) is 4.79 Å². The first kappa shape index (κ1) is 17.8. The van der Waals surface area contributed by atoms with Crippen LogP contribution in [0.15, 0.2) is 34.0 Å². The van der Waals surface area contributed by atoms with Crippen LogP contribution in [0.25, 0.3) is 0 Å². The lowest BCUT2D eigenvalue weighted by molar-refractivity contribution is 0.354. The predicted molar refractivity (Wildman–Crippen MR) is 91.7 cm³/mol. The van der Waals surface area contributed by atoms with Gasteiger partial charge in [0.1, 0.15) is 0 Å². The fourth-order valence-corrected chi connectivity index (χ4v) is 2.51. The van der Waals surface area contributed by atoms with Crippen LogP contribution in [0.3, 0.4) is 0 Å². The molecule has 0 aliphatic carbocycles. The average molecular weight is 333 g/mol. The van der Waals surface area contributed by atoms with Crippen LogP contribution in [-0.2, 0) is 20.6 Å². The third kappa shape index (κ3) is 3.51. The van der Waals surface area contributed by atoms with Gasteiger partial charge < -0.3 is 19.4 Å². The Morgan fingerprint density at radius 3 is 2.42 bits per heavy atom. The summed E-state index contributed by atoms with van der Waals surface area (Å²) in [6, 6.07) is 5.68. The highest BCUT2D eigenvalue weighted by molar-refractivity contribution is 5.43. The molecule has 0 amide bonds. The van der Waals surface area contributed by atoms with E-state index >= 15 is 0 Å². The smallest absolute Gasteiger partial charge is 0.330 e. The predicted octanol–water partition coefficient (Wildman–Crippen LogP) is 0.952. The summed E-state index contributed by atoms with van der Waals surface area (Å²) in [6.45, 7) is 2.35. The average Bonchev–Trinajstić information content (AvgIpc) is 2.60. The fourth-order valence-electron chi connectivity index (χ4n) is 2.51. The molecule has 7 nitrogen and oxygen atoms in total. The van der Waals surface area contributed by atoms with Crippen LogP contribution in [0, 0.1) is 0 Å². The highest BCUT2D eigenvalue weighted by Gasteiger charge is 2.12. The van der Waals surface area contributed by atoms with Gasteiger partial charge in [0.2, 0.25) is 0 Å². The molecule has 1 atom stereocenters. The maximum absolute atomic E-state index is 12.1. The van der Waals surface area contributed by atoms with Gasteiger partial charge in [0.25, 0.3) is 5.56 Å². The van der Waals surface area contributed by atoms with Crippen LogP contribution in [0.1, 0.15) is 24.1 Å². The van der Waals surface area contributed by atoms with Crippen molar-refractivity contribution < 1.29 is 9.47 Å². The Hall–Kier alpha value is -2.54. The standard InChI is InChI=1S/C17H23N3O4/c1-11(12-6-7-14(23-4)15(8-12)24-5)18-9-13-10-19(2)17(22)20(3)16(13)21/h6-8,10-11,18H,9H2,1-5H3. The molecule has 0 bridgehead atoms. The van der Waals surface area contributed by atoms with E-state index in [9.17, 15) is 9.59 Å². The number of ether oxygens (including phenoxy) is 2. The largest absolute Gasteiger partial charge is 0.493 e. The summed E-state index contributed by atoms with van der Waals surface area (Å²) >= 11 is 0. The van der Waals surface area contributed by atoms with E-state index in [1.54, 1.807) is 27.5 Å². The summed E-state index contributed by atoms with van der Waals surface area (Å²) in [5.41, 5.74) is 0.919. The summed E-state index contributed by atoms with van der Waals surface area (Å²) in [6.07, 6.45) is 1.57. The third-order valence-electron chi connectivity index (χ3n) is 4.02. The molecule has 1 aromatic carbocycles. The second-order valence-electron chi connectivity index (χ2n) is 5.63. The molecule has 0 spiro atoms. The lowest BCUT2D eigenvalue weighted by Gasteiger charge is -2.17. The highest BCUT2D eigenvalue weighted by atomic mass is 16.5. The minimum atomic E-state index is -0.336. The summed E-state index contributed by atoms with van der Waals surface area (Å²) in [4.78, 5) is 23.9. The molecule has 1 unspecified atom stereocenters. The van der Waals surface area contributed by atoms with Gasteiger partial charge in [0.15, 0.2) is 11.5 Å². The summed E-state index contributed by atoms with van der Waals surface area (Å²) in [7, 11) is 6.29. The van der Waals surface area contributed by atoms with Crippen LogP contribution in [0.4, 0.5) is 0 Å². The molecule has 0 saturated heterocycles. The monoisotopic (exact) mass is 333 g/mol. The maximum atomic E-state index is 12.1. The molecule has 1 heterocycles. The minimum absolute atomic E-state index is 0.00764. The topological polar surface area (TPSA) is 74.5 Å². The van der Waals surface area contributed by atoms with Crippen LogP contribution in [-0.4, -0.2) is 23.4 Å². The first-order valence-electron chi connectivity index (χ1n) is 7.59. The molecule has 0 aliphatic rings. The van der Waals surface area contributed by atoms with Gasteiger partial charge in [-0.15, -0.1) is 0 Å². The highest BCUT2D eigenvalue weighted by Crippen LogP contribution is 2.29. The molecule has 24 heavy (non-hydrogen) atoms. The number of rotatable bonds is 6. The van der Waals surface area contributed by atoms with Crippen LogP contribution < -0.4 is 26.0 Å². The molecule has 2 aromatic rings. The number of nitrogens with zero attached hydrogens (tertiary/aromatic N) is 2. The molecule has 1 N–H and O–H groups in total. The van der Waals surface area contributed by atoms with Gasteiger partial charge in [-0.05, 0) is 24.6 Å². The normalized spacial score (nSPS) is 12.0. The number of aryl methyl sites for hydroxylation is 1. The molecular weight excluding hydrogens is 310 g/mol. The lowest BCUT2D eigenvalue weighted by atomic mass is 10.1. The number of aromatic nitrogens is 2. The van der Waals surface area contributed by atoms with Gasteiger partial charge in [-0.1, -0.05) is 6.07 Å². The quantitative estimate of drug-likeness (QED) is 0.852. The fraction of sp³-hybridized carbons (Fsp3) is 0.412. The third-order valence-corrected chi connectivity index (χ3v) is 4.02. The summed E-state index contributed by atoms with van der Waals surface area (Å²) in [5.74, 6) is 1.32. The van der Waals surface area contributed by atoms with E-state index in [1.165, 1.54) is 11.6 Å². The SMILES string of the molecule is COc1ccc(C(C)NCc2cn(C)c(=O)n(C)c2=O)cc1OC. The van der Waals surface area contributed by atoms with Crippen LogP contribution in [0.5, 0.6) is 11.5 Å². The van der Waals surface area contributed by atoms with Crippen molar-refractivity contribution in [2.45, 2.75) is 19.5 Å². The Kier molecular flexibility index (Phi) is 5.46. The van der Waals surface area contributed by atoms with Gasteiger partial charge in [0.05, 0.1) is 14.2 Å². The molecule has 0 radical (unpaired) electrons. The molecule has 0 aliphatic heterocycles. The van der Waals surface area contributed by atoms with Gasteiger partial charge in [-0.2, -0.15) is 0 Å². The number of hydrogen-bond acceptors (Lipinski definition) is 5. The van der Waals surface area contributed by atoms with Gasteiger partial charge in [-0.3, -0.25) is 9.36 Å². The van der Waals surface area contributed by atoms with E-state index in [1.807, 2.05) is 25.1 Å². The Bertz CT molecular complexity index is 839. The summed E-state index contributed by atoms with van der Waals surface area (Å²) < 4.78 is 13.1. The van der Waals surface area contributed by atoms with Crippen molar-refractivity contribution >= 4 is 0 Å². The second kappa shape index (κ2) is 7.35. The molecule has 0 fully saturated rings. The van der Waals surface area contributed by atoms with E-state index in [4.69, 9.17) is 9.47 Å². The van der Waals surface area contributed by atoms with Gasteiger partial charge in [0, 0.05) is 38.4 Å². The number of methoxy groups -OCH3 is 2. The molecule has 130 valence electrons. The maximum Gasteiger partial charge on any atom is 0.330 e. The van der Waals surface area contributed by atoms with E-state index in [2.05, 4.69) is 5.32 Å². The Labute approximate surface area is 140 Å². The minimum Gasteiger partial charge on any atom is -0.493 e. The molecule has 7 heteroatoms. The first-order chi connectivity index (χ1) is 11.4. The van der Waals surface area contributed by atoms with E-state index in [-0.39, 0.29) is 17.3 Å². The zero-order valence-electron chi connectivity index (χ0n) is 14.6. The van der Waals surface area contributed by atoms with Crippen LogP contribution in [0.2, 0.25) is 0 Å². The Morgan fingerprint density at radius 1 is 1.12 bits per heavy atom. The second-order valence-corrected chi connectivity index (χ2v) is 5.63. The molecular formula is C17H23N3O4. The van der Waals surface area contributed by atoms with Crippen molar-refractivity contribution in [3.05, 3.63) is 56.4 Å². The van der Waals surface area contributed by atoms with E-state index < -0.39 is 0 Å². The number of benzene rings is 1. The molecule has 1 aromatic heterocycles. The van der Waals surface area contributed by atoms with Crippen molar-refractivity contribution in [1.82, 2.24) is 14.5 Å². The van der Waals surface area contributed by atoms with Crippen molar-refractivity contribution in [2.24, 2.45) is 14.1 Å². The Balaban J connectivity index is 2.18. The zero-order chi connectivity index (χ0) is 17.9. The Morgan fingerprint density at radius 2 is 1.79 bits per heavy atom. The first-order valence-corrected chi connectivity index (χ1v) is 7.59. The van der Waals surface area contributed by atoms with Crippen molar-refractivity contribution in [3.63, 3.8) is 0 Å². The van der Waals surface area contributed by atoms with Crippen molar-refractivity contribution in [1.29, 1.82) is 0 Å². The molecule has 2 rings (SSSR count).